The maximum Gasteiger partial charge on any atom is 0.408 e. The number of carbonyl (C=O) groups is 2. The Hall–Kier alpha value is -1.70. The van der Waals surface area contributed by atoms with Gasteiger partial charge < -0.3 is 14.8 Å². The van der Waals surface area contributed by atoms with E-state index in [-0.39, 0.29) is 12.5 Å². The van der Waals surface area contributed by atoms with Gasteiger partial charge in [0.25, 0.3) is 0 Å². The van der Waals surface area contributed by atoms with E-state index in [2.05, 4.69) is 18.2 Å². The summed E-state index contributed by atoms with van der Waals surface area (Å²) in [5.74, 6) is 1.77. The molecule has 1 amide bonds. The molecular weight excluding hydrogens is 318 g/mol. The van der Waals surface area contributed by atoms with Gasteiger partial charge >= 0.3 is 12.1 Å². The number of ether oxygens (including phenoxy) is 2. The molecular formula is C20H35NO4. The second-order valence-electron chi connectivity index (χ2n) is 6.43. The fourth-order valence-corrected chi connectivity index (χ4v) is 2.44. The molecule has 0 saturated heterocycles. The normalized spacial score (nSPS) is 12.7. The van der Waals surface area contributed by atoms with Crippen LogP contribution in [0.3, 0.4) is 0 Å². The van der Waals surface area contributed by atoms with Gasteiger partial charge in [-0.25, -0.2) is 9.59 Å². The van der Waals surface area contributed by atoms with Gasteiger partial charge in [-0.1, -0.05) is 78.1 Å². The molecule has 2 unspecified atom stereocenters. The van der Waals surface area contributed by atoms with Gasteiger partial charge in [-0.05, 0) is 12.3 Å². The van der Waals surface area contributed by atoms with Gasteiger partial charge in [-0.3, -0.25) is 0 Å². The Balaban J connectivity index is 4.02. The van der Waals surface area contributed by atoms with Crippen LogP contribution in [0.4, 0.5) is 4.79 Å². The summed E-state index contributed by atoms with van der Waals surface area (Å²) in [6.07, 6.45) is 14.6. The first-order chi connectivity index (χ1) is 12.1. The molecule has 0 aliphatic carbocycles. The summed E-state index contributed by atoms with van der Waals surface area (Å²) in [7, 11) is 0. The van der Waals surface area contributed by atoms with E-state index in [9.17, 15) is 9.59 Å². The highest BCUT2D eigenvalue weighted by atomic mass is 16.6. The van der Waals surface area contributed by atoms with Crippen molar-refractivity contribution < 1.29 is 19.1 Å². The Morgan fingerprint density at radius 2 is 1.60 bits per heavy atom. The Kier molecular flexibility index (Phi) is 14.7. The molecule has 0 aromatic heterocycles. The van der Waals surface area contributed by atoms with Crippen molar-refractivity contribution in [2.45, 2.75) is 84.6 Å². The van der Waals surface area contributed by atoms with Gasteiger partial charge in [0.1, 0.15) is 6.04 Å². The lowest BCUT2D eigenvalue weighted by Crippen LogP contribution is -2.46. The molecule has 144 valence electrons. The van der Waals surface area contributed by atoms with E-state index in [1.54, 1.807) is 0 Å². The van der Waals surface area contributed by atoms with Crippen molar-refractivity contribution in [2.24, 2.45) is 5.92 Å². The van der Waals surface area contributed by atoms with Gasteiger partial charge in [-0.15, -0.1) is 6.42 Å². The first kappa shape index (κ1) is 23.3. The molecule has 0 heterocycles. The van der Waals surface area contributed by atoms with Crippen LogP contribution in [0, 0.1) is 18.3 Å². The van der Waals surface area contributed by atoms with Gasteiger partial charge in [0.15, 0.2) is 6.61 Å². The third-order valence-electron chi connectivity index (χ3n) is 4.27. The highest BCUT2D eigenvalue weighted by molar-refractivity contribution is 5.81. The smallest absolute Gasteiger partial charge is 0.408 e. The molecule has 0 spiro atoms. The predicted octanol–water partition coefficient (Wildman–Crippen LogP) is 4.44. The molecule has 0 rings (SSSR count). The minimum absolute atomic E-state index is 0.0375. The first-order valence-corrected chi connectivity index (χ1v) is 9.60. The Labute approximate surface area is 153 Å². The average molecular weight is 354 g/mol. The molecule has 0 aromatic rings. The molecule has 0 radical (unpaired) electrons. The first-order valence-electron chi connectivity index (χ1n) is 9.60. The van der Waals surface area contributed by atoms with Crippen LogP contribution in [0.5, 0.6) is 0 Å². The van der Waals surface area contributed by atoms with E-state index < -0.39 is 18.1 Å². The molecule has 0 fully saturated rings. The molecule has 2 atom stereocenters. The molecule has 1 N–H and O–H groups in total. The van der Waals surface area contributed by atoms with Crippen LogP contribution in [0.25, 0.3) is 0 Å². The van der Waals surface area contributed by atoms with E-state index in [0.29, 0.717) is 6.61 Å². The number of rotatable bonds is 14. The molecule has 5 nitrogen and oxygen atoms in total. The van der Waals surface area contributed by atoms with Crippen LogP contribution in [0.1, 0.15) is 78.6 Å². The molecule has 5 heteroatoms. The lowest BCUT2D eigenvalue weighted by Gasteiger charge is -2.22. The lowest BCUT2D eigenvalue weighted by molar-refractivity contribution is -0.147. The Morgan fingerprint density at radius 1 is 1.00 bits per heavy atom. The summed E-state index contributed by atoms with van der Waals surface area (Å²) in [5.41, 5.74) is 0. The topological polar surface area (TPSA) is 64.6 Å². The van der Waals surface area contributed by atoms with E-state index in [0.717, 1.165) is 19.3 Å². The van der Waals surface area contributed by atoms with Crippen molar-refractivity contribution in [3.63, 3.8) is 0 Å². The SMILES string of the molecule is C#CCOC(=O)NC(C(=O)OCCCCCCCCCC)C(C)CC. The summed E-state index contributed by atoms with van der Waals surface area (Å²) >= 11 is 0. The maximum absolute atomic E-state index is 12.2. The predicted molar refractivity (Wildman–Crippen MR) is 100 cm³/mol. The Morgan fingerprint density at radius 3 is 2.16 bits per heavy atom. The number of unbranched alkanes of at least 4 members (excludes halogenated alkanes) is 7. The summed E-state index contributed by atoms with van der Waals surface area (Å²) in [5, 5.41) is 2.55. The minimum Gasteiger partial charge on any atom is -0.464 e. The van der Waals surface area contributed by atoms with Crippen molar-refractivity contribution in [1.29, 1.82) is 0 Å². The van der Waals surface area contributed by atoms with Crippen molar-refractivity contribution >= 4 is 12.1 Å². The molecule has 25 heavy (non-hydrogen) atoms. The van der Waals surface area contributed by atoms with Crippen LogP contribution >= 0.6 is 0 Å². The summed E-state index contributed by atoms with van der Waals surface area (Å²) in [6, 6.07) is -0.704. The van der Waals surface area contributed by atoms with Crippen molar-refractivity contribution in [3.8, 4) is 12.3 Å². The summed E-state index contributed by atoms with van der Waals surface area (Å²) in [4.78, 5) is 23.9. The standard InChI is InChI=1S/C20H35NO4/c1-5-8-9-10-11-12-13-14-16-24-19(22)18(17(4)7-3)21-20(23)25-15-6-2/h2,17-18H,5,7-16H2,1,3-4H3,(H,21,23). The van der Waals surface area contributed by atoms with Crippen LogP contribution in [-0.4, -0.2) is 31.3 Å². The third-order valence-corrected chi connectivity index (χ3v) is 4.27. The maximum atomic E-state index is 12.2. The highest BCUT2D eigenvalue weighted by Gasteiger charge is 2.27. The Bertz CT molecular complexity index is 403. The molecule has 0 aromatic carbocycles. The quantitative estimate of drug-likeness (QED) is 0.285. The molecule has 0 aliphatic heterocycles. The molecule has 0 saturated carbocycles. The lowest BCUT2D eigenvalue weighted by atomic mass is 9.99. The van der Waals surface area contributed by atoms with E-state index >= 15 is 0 Å². The van der Waals surface area contributed by atoms with E-state index in [1.807, 2.05) is 13.8 Å². The number of carbonyl (C=O) groups excluding carboxylic acids is 2. The van der Waals surface area contributed by atoms with Gasteiger partial charge in [0.2, 0.25) is 0 Å². The van der Waals surface area contributed by atoms with Crippen LogP contribution < -0.4 is 5.32 Å². The number of terminal acetylenes is 1. The van der Waals surface area contributed by atoms with Crippen LogP contribution in [0.15, 0.2) is 0 Å². The zero-order chi connectivity index (χ0) is 18.9. The van der Waals surface area contributed by atoms with Crippen LogP contribution in [-0.2, 0) is 14.3 Å². The van der Waals surface area contributed by atoms with E-state index in [4.69, 9.17) is 15.9 Å². The van der Waals surface area contributed by atoms with E-state index in [1.165, 1.54) is 38.5 Å². The van der Waals surface area contributed by atoms with Crippen molar-refractivity contribution in [3.05, 3.63) is 0 Å². The van der Waals surface area contributed by atoms with Gasteiger partial charge in [0.05, 0.1) is 6.61 Å². The number of alkyl carbamates (subject to hydrolysis) is 1. The van der Waals surface area contributed by atoms with Gasteiger partial charge in [-0.2, -0.15) is 0 Å². The number of hydrogen-bond acceptors (Lipinski definition) is 4. The molecule has 0 bridgehead atoms. The van der Waals surface area contributed by atoms with Gasteiger partial charge in [0, 0.05) is 0 Å². The van der Waals surface area contributed by atoms with Crippen molar-refractivity contribution in [1.82, 2.24) is 5.32 Å². The minimum atomic E-state index is -0.704. The third kappa shape index (κ3) is 12.3. The molecule has 0 aliphatic rings. The second-order valence-corrected chi connectivity index (χ2v) is 6.43. The summed E-state index contributed by atoms with van der Waals surface area (Å²) < 4.78 is 10.1. The number of amides is 1. The number of esters is 1. The zero-order valence-electron chi connectivity index (χ0n) is 16.1. The fourth-order valence-electron chi connectivity index (χ4n) is 2.44. The number of hydrogen-bond donors (Lipinski definition) is 1. The largest absolute Gasteiger partial charge is 0.464 e. The average Bonchev–Trinajstić information content (AvgIpc) is 2.62. The van der Waals surface area contributed by atoms with Crippen molar-refractivity contribution in [2.75, 3.05) is 13.2 Å². The highest BCUT2D eigenvalue weighted by Crippen LogP contribution is 2.11. The summed E-state index contributed by atoms with van der Waals surface area (Å²) in [6.45, 7) is 6.33. The van der Waals surface area contributed by atoms with Crippen LogP contribution in [0.2, 0.25) is 0 Å². The fraction of sp³-hybridized carbons (Fsp3) is 0.800. The zero-order valence-corrected chi connectivity index (χ0v) is 16.1. The number of nitrogens with one attached hydrogen (secondary N) is 1. The monoisotopic (exact) mass is 353 g/mol. The second kappa shape index (κ2) is 15.8.